The largest absolute Gasteiger partial charge is 0.381 e. The molecule has 0 aliphatic carbocycles. The Hall–Kier alpha value is -1.93. The molecule has 0 radical (unpaired) electrons. The molecule has 7 nitrogen and oxygen atoms in total. The van der Waals surface area contributed by atoms with Crippen molar-refractivity contribution in [3.8, 4) is 0 Å². The van der Waals surface area contributed by atoms with Gasteiger partial charge in [-0.15, -0.1) is 0 Å². The average molecular weight is 382 g/mol. The molecule has 2 N–H and O–H groups in total. The number of amides is 4. The van der Waals surface area contributed by atoms with Gasteiger partial charge >= 0.3 is 6.03 Å². The maximum absolute atomic E-state index is 12.5. The standard InChI is InChI=1S/C15H16BrN3O4/c16-10-2-1-3-11(8-10)17-12(20)9-19-13(21)15(18-14(19)22)4-6-23-7-5-15/h1-3,8H,4-7,9H2,(H,17,20)(H,18,22). The summed E-state index contributed by atoms with van der Waals surface area (Å²) in [6.45, 7) is 0.536. The van der Waals surface area contributed by atoms with Gasteiger partial charge in [0, 0.05) is 36.2 Å². The summed E-state index contributed by atoms with van der Waals surface area (Å²) in [5, 5.41) is 5.39. The van der Waals surface area contributed by atoms with Gasteiger partial charge in [0.05, 0.1) is 0 Å². The molecule has 2 saturated heterocycles. The topological polar surface area (TPSA) is 87.7 Å². The van der Waals surface area contributed by atoms with Crippen molar-refractivity contribution in [2.45, 2.75) is 18.4 Å². The first-order chi connectivity index (χ1) is 11.0. The van der Waals surface area contributed by atoms with E-state index in [4.69, 9.17) is 4.74 Å². The van der Waals surface area contributed by atoms with Gasteiger partial charge in [-0.1, -0.05) is 22.0 Å². The van der Waals surface area contributed by atoms with Crippen molar-refractivity contribution >= 4 is 39.5 Å². The Morgan fingerprint density at radius 1 is 1.35 bits per heavy atom. The third-order valence-electron chi connectivity index (χ3n) is 4.00. The second kappa shape index (κ2) is 6.29. The van der Waals surface area contributed by atoms with Crippen LogP contribution < -0.4 is 10.6 Å². The number of benzene rings is 1. The maximum Gasteiger partial charge on any atom is 0.325 e. The smallest absolute Gasteiger partial charge is 0.325 e. The van der Waals surface area contributed by atoms with E-state index in [9.17, 15) is 14.4 Å². The Labute approximate surface area is 141 Å². The monoisotopic (exact) mass is 381 g/mol. The molecule has 1 aromatic rings. The first-order valence-electron chi connectivity index (χ1n) is 7.27. The Balaban J connectivity index is 1.66. The van der Waals surface area contributed by atoms with Crippen LogP contribution in [0, 0.1) is 0 Å². The number of hydrogen-bond acceptors (Lipinski definition) is 4. The number of carbonyl (C=O) groups is 3. The van der Waals surface area contributed by atoms with Crippen LogP contribution in [-0.4, -0.2) is 48.0 Å². The van der Waals surface area contributed by atoms with Crippen LogP contribution in [0.25, 0.3) is 0 Å². The summed E-state index contributed by atoms with van der Waals surface area (Å²) in [5.41, 5.74) is -0.317. The number of anilines is 1. The van der Waals surface area contributed by atoms with Crippen molar-refractivity contribution in [1.82, 2.24) is 10.2 Å². The van der Waals surface area contributed by atoms with E-state index in [1.165, 1.54) is 0 Å². The number of nitrogens with zero attached hydrogens (tertiary/aromatic N) is 1. The molecular weight excluding hydrogens is 366 g/mol. The summed E-state index contributed by atoms with van der Waals surface area (Å²) < 4.78 is 6.07. The Morgan fingerprint density at radius 3 is 2.78 bits per heavy atom. The fourth-order valence-corrected chi connectivity index (χ4v) is 3.19. The fourth-order valence-electron chi connectivity index (χ4n) is 2.79. The summed E-state index contributed by atoms with van der Waals surface area (Å²) in [6.07, 6.45) is 0.864. The SMILES string of the molecule is O=C(CN1C(=O)NC2(CCOCC2)C1=O)Nc1cccc(Br)c1. The van der Waals surface area contributed by atoms with Crippen LogP contribution in [-0.2, 0) is 14.3 Å². The maximum atomic E-state index is 12.5. The molecular formula is C15H16BrN3O4. The molecule has 23 heavy (non-hydrogen) atoms. The lowest BCUT2D eigenvalue weighted by atomic mass is 9.90. The number of carbonyl (C=O) groups excluding carboxylic acids is 3. The highest BCUT2D eigenvalue weighted by Gasteiger charge is 2.52. The second-order valence-electron chi connectivity index (χ2n) is 5.57. The lowest BCUT2D eigenvalue weighted by Crippen LogP contribution is -2.51. The van der Waals surface area contributed by atoms with Gasteiger partial charge in [0.15, 0.2) is 0 Å². The van der Waals surface area contributed by atoms with Crippen LogP contribution in [0.15, 0.2) is 28.7 Å². The van der Waals surface area contributed by atoms with Crippen molar-refractivity contribution in [1.29, 1.82) is 0 Å². The van der Waals surface area contributed by atoms with Crippen molar-refractivity contribution in [2.75, 3.05) is 25.1 Å². The third kappa shape index (κ3) is 3.23. The molecule has 4 amide bonds. The highest BCUT2D eigenvalue weighted by Crippen LogP contribution is 2.28. The number of halogens is 1. The molecule has 2 aliphatic heterocycles. The van der Waals surface area contributed by atoms with Crippen LogP contribution >= 0.6 is 15.9 Å². The quantitative estimate of drug-likeness (QED) is 0.776. The fraction of sp³-hybridized carbons (Fsp3) is 0.400. The van der Waals surface area contributed by atoms with Gasteiger partial charge in [-0.05, 0) is 18.2 Å². The van der Waals surface area contributed by atoms with Crippen molar-refractivity contribution < 1.29 is 19.1 Å². The van der Waals surface area contributed by atoms with Crippen LogP contribution in [0.2, 0.25) is 0 Å². The average Bonchev–Trinajstić information content (AvgIpc) is 2.72. The van der Waals surface area contributed by atoms with Crippen molar-refractivity contribution in [3.63, 3.8) is 0 Å². The number of rotatable bonds is 3. The van der Waals surface area contributed by atoms with Gasteiger partial charge in [-0.25, -0.2) is 4.79 Å². The van der Waals surface area contributed by atoms with E-state index in [0.29, 0.717) is 31.7 Å². The lowest BCUT2D eigenvalue weighted by molar-refractivity contribution is -0.136. The van der Waals surface area contributed by atoms with Crippen molar-refractivity contribution in [2.24, 2.45) is 0 Å². The molecule has 0 unspecified atom stereocenters. The van der Waals surface area contributed by atoms with E-state index in [1.54, 1.807) is 18.2 Å². The number of urea groups is 1. The molecule has 8 heteroatoms. The van der Waals surface area contributed by atoms with E-state index < -0.39 is 17.5 Å². The molecule has 3 rings (SSSR count). The van der Waals surface area contributed by atoms with E-state index in [1.807, 2.05) is 6.07 Å². The first kappa shape index (κ1) is 15.9. The molecule has 1 spiro atoms. The van der Waals surface area contributed by atoms with E-state index in [0.717, 1.165) is 9.37 Å². The molecule has 2 fully saturated rings. The van der Waals surface area contributed by atoms with Crippen LogP contribution in [0.3, 0.4) is 0 Å². The van der Waals surface area contributed by atoms with Crippen LogP contribution in [0.1, 0.15) is 12.8 Å². The summed E-state index contributed by atoms with van der Waals surface area (Å²) in [6, 6.07) is 6.56. The van der Waals surface area contributed by atoms with E-state index >= 15 is 0 Å². The lowest BCUT2D eigenvalue weighted by Gasteiger charge is -2.30. The Bertz CT molecular complexity index is 658. The number of nitrogens with one attached hydrogen (secondary N) is 2. The highest BCUT2D eigenvalue weighted by molar-refractivity contribution is 9.10. The van der Waals surface area contributed by atoms with Crippen LogP contribution in [0.5, 0.6) is 0 Å². The second-order valence-corrected chi connectivity index (χ2v) is 6.49. The van der Waals surface area contributed by atoms with Gasteiger partial charge in [-0.3, -0.25) is 14.5 Å². The van der Waals surface area contributed by atoms with Gasteiger partial charge < -0.3 is 15.4 Å². The zero-order valence-corrected chi connectivity index (χ0v) is 13.9. The predicted molar refractivity (Wildman–Crippen MR) is 85.8 cm³/mol. The molecule has 0 saturated carbocycles. The minimum absolute atomic E-state index is 0.306. The summed E-state index contributed by atoms with van der Waals surface area (Å²) in [4.78, 5) is 37.7. The van der Waals surface area contributed by atoms with E-state index in [2.05, 4.69) is 26.6 Å². The summed E-state index contributed by atoms with van der Waals surface area (Å²) >= 11 is 3.32. The van der Waals surface area contributed by atoms with Gasteiger partial charge in [-0.2, -0.15) is 0 Å². The molecule has 0 aromatic heterocycles. The normalized spacial score (nSPS) is 19.8. The minimum Gasteiger partial charge on any atom is -0.381 e. The van der Waals surface area contributed by atoms with Gasteiger partial charge in [0.2, 0.25) is 5.91 Å². The summed E-state index contributed by atoms with van der Waals surface area (Å²) in [5.74, 6) is -0.772. The first-order valence-corrected chi connectivity index (χ1v) is 8.07. The predicted octanol–water partition coefficient (Wildman–Crippen LogP) is 1.49. The molecule has 122 valence electrons. The molecule has 0 atom stereocenters. The van der Waals surface area contributed by atoms with Crippen molar-refractivity contribution in [3.05, 3.63) is 28.7 Å². The number of imide groups is 1. The molecule has 2 heterocycles. The van der Waals surface area contributed by atoms with E-state index in [-0.39, 0.29) is 12.5 Å². The molecule has 1 aromatic carbocycles. The highest BCUT2D eigenvalue weighted by atomic mass is 79.9. The van der Waals surface area contributed by atoms with Gasteiger partial charge in [0.25, 0.3) is 5.91 Å². The molecule has 2 aliphatic rings. The zero-order chi connectivity index (χ0) is 16.4. The Morgan fingerprint density at radius 2 is 2.09 bits per heavy atom. The van der Waals surface area contributed by atoms with Crippen LogP contribution in [0.4, 0.5) is 10.5 Å². The Kier molecular flexibility index (Phi) is 4.36. The molecule has 0 bridgehead atoms. The third-order valence-corrected chi connectivity index (χ3v) is 4.50. The minimum atomic E-state index is -0.911. The zero-order valence-electron chi connectivity index (χ0n) is 12.3. The summed E-state index contributed by atoms with van der Waals surface area (Å²) in [7, 11) is 0. The number of hydrogen-bond donors (Lipinski definition) is 2. The number of ether oxygens (including phenoxy) is 1. The van der Waals surface area contributed by atoms with Gasteiger partial charge in [0.1, 0.15) is 12.1 Å².